The van der Waals surface area contributed by atoms with Gasteiger partial charge >= 0.3 is 0 Å². The molecule has 0 saturated heterocycles. The first-order valence-electron chi connectivity index (χ1n) is 11.5. The summed E-state index contributed by atoms with van der Waals surface area (Å²) >= 11 is 0. The van der Waals surface area contributed by atoms with Crippen molar-refractivity contribution in [2.75, 3.05) is 13.1 Å². The third-order valence-corrected chi connectivity index (χ3v) is 6.52. The lowest BCUT2D eigenvalue weighted by molar-refractivity contribution is 0.0964. The van der Waals surface area contributed by atoms with Crippen LogP contribution in [-0.4, -0.2) is 38.9 Å². The van der Waals surface area contributed by atoms with E-state index in [1.54, 1.807) is 10.9 Å². The second-order valence-electron chi connectivity index (χ2n) is 8.84. The quantitative estimate of drug-likeness (QED) is 0.629. The molecule has 32 heavy (non-hydrogen) atoms. The van der Waals surface area contributed by atoms with Crippen LogP contribution in [0.1, 0.15) is 48.0 Å². The van der Waals surface area contributed by atoms with Gasteiger partial charge < -0.3 is 10.2 Å². The topological polar surface area (TPSA) is 63.1 Å². The summed E-state index contributed by atoms with van der Waals surface area (Å²) in [5.74, 6) is 0.706. The maximum atomic E-state index is 13.2. The van der Waals surface area contributed by atoms with Crippen LogP contribution < -0.4 is 5.32 Å². The van der Waals surface area contributed by atoms with Crippen LogP contribution in [0.3, 0.4) is 0 Å². The van der Waals surface area contributed by atoms with Crippen LogP contribution >= 0.6 is 0 Å². The number of allylic oxidation sites excluding steroid dienone is 2. The summed E-state index contributed by atoms with van der Waals surface area (Å²) in [4.78, 5) is 15.6. The summed E-state index contributed by atoms with van der Waals surface area (Å²) in [7, 11) is 0. The summed E-state index contributed by atoms with van der Waals surface area (Å²) in [5, 5.41) is 13.1. The highest BCUT2D eigenvalue weighted by molar-refractivity contribution is 6.08. The lowest BCUT2D eigenvalue weighted by Gasteiger charge is -2.31. The molecular weight excluding hydrogens is 398 g/mol. The van der Waals surface area contributed by atoms with Crippen molar-refractivity contribution in [2.24, 2.45) is 5.92 Å². The van der Waals surface area contributed by atoms with Crippen molar-refractivity contribution in [3.8, 4) is 0 Å². The normalized spacial score (nSPS) is 16.9. The summed E-state index contributed by atoms with van der Waals surface area (Å²) in [6.07, 6.45) is 16.4. The third kappa shape index (κ3) is 4.59. The van der Waals surface area contributed by atoms with Gasteiger partial charge in [0.1, 0.15) is 0 Å². The number of aromatic nitrogens is 3. The number of hydrogen-bond acceptors (Lipinski definition) is 4. The SMILES string of the molecule is O=C(NC1=CC=CN(CC2CCCCC2)C1)c1ccc(Cn2ccnn2)c2ccccc12. The van der Waals surface area contributed by atoms with Crippen molar-refractivity contribution in [3.05, 3.63) is 84.0 Å². The fourth-order valence-corrected chi connectivity index (χ4v) is 4.92. The molecule has 1 aromatic heterocycles. The highest BCUT2D eigenvalue weighted by atomic mass is 16.1. The molecule has 0 spiro atoms. The van der Waals surface area contributed by atoms with Crippen LogP contribution in [0, 0.1) is 5.92 Å². The number of fused-ring (bicyclic) bond motifs is 1. The molecule has 1 amide bonds. The van der Waals surface area contributed by atoms with Gasteiger partial charge in [0.25, 0.3) is 5.91 Å². The summed E-state index contributed by atoms with van der Waals surface area (Å²) in [5.41, 5.74) is 2.75. The summed E-state index contributed by atoms with van der Waals surface area (Å²) in [6, 6.07) is 12.0. The molecule has 2 aliphatic rings. The highest BCUT2D eigenvalue weighted by Gasteiger charge is 2.19. The Morgan fingerprint density at radius 3 is 2.72 bits per heavy atom. The van der Waals surface area contributed by atoms with Crippen LogP contribution in [0.25, 0.3) is 10.8 Å². The van der Waals surface area contributed by atoms with Gasteiger partial charge in [-0.25, -0.2) is 4.68 Å². The van der Waals surface area contributed by atoms with E-state index in [1.807, 2.05) is 48.7 Å². The number of hydrogen-bond donors (Lipinski definition) is 1. The van der Waals surface area contributed by atoms with Crippen LogP contribution in [0.15, 0.2) is 72.8 Å². The molecule has 6 heteroatoms. The zero-order chi connectivity index (χ0) is 21.8. The van der Waals surface area contributed by atoms with E-state index in [2.05, 4.69) is 32.8 Å². The number of benzene rings is 2. The van der Waals surface area contributed by atoms with E-state index < -0.39 is 0 Å². The van der Waals surface area contributed by atoms with E-state index in [0.717, 1.165) is 41.0 Å². The standard InChI is InChI=1S/C26H29N5O/c32-26(28-22-9-6-15-30(19-22)17-20-7-2-1-3-8-20)25-13-12-21(18-31-16-14-27-29-31)23-10-4-5-11-24(23)25/h4-6,9-16,20H,1-3,7-8,17-19H2,(H,28,32). The monoisotopic (exact) mass is 427 g/mol. The van der Waals surface area contributed by atoms with Gasteiger partial charge in [-0.3, -0.25) is 4.79 Å². The van der Waals surface area contributed by atoms with Gasteiger partial charge in [0, 0.05) is 24.0 Å². The fourth-order valence-electron chi connectivity index (χ4n) is 4.92. The Labute approximate surface area is 188 Å². The van der Waals surface area contributed by atoms with E-state index in [-0.39, 0.29) is 5.91 Å². The van der Waals surface area contributed by atoms with Gasteiger partial charge in [0.05, 0.1) is 19.3 Å². The molecular formula is C26H29N5O. The minimum absolute atomic E-state index is 0.0623. The zero-order valence-corrected chi connectivity index (χ0v) is 18.3. The molecule has 2 heterocycles. The number of amides is 1. The van der Waals surface area contributed by atoms with Gasteiger partial charge in [-0.05, 0) is 59.5 Å². The third-order valence-electron chi connectivity index (χ3n) is 6.52. The number of carbonyl (C=O) groups excluding carboxylic acids is 1. The summed E-state index contributed by atoms with van der Waals surface area (Å²) < 4.78 is 1.79. The Bertz CT molecular complexity index is 1140. The number of nitrogens with zero attached hydrogens (tertiary/aromatic N) is 4. The Hall–Kier alpha value is -3.41. The molecule has 164 valence electrons. The second-order valence-corrected chi connectivity index (χ2v) is 8.84. The molecule has 0 bridgehead atoms. The lowest BCUT2D eigenvalue weighted by atomic mass is 9.89. The minimum atomic E-state index is -0.0623. The van der Waals surface area contributed by atoms with Crippen molar-refractivity contribution in [1.29, 1.82) is 0 Å². The Balaban J connectivity index is 1.30. The van der Waals surface area contributed by atoms with Crippen LogP contribution in [-0.2, 0) is 6.54 Å². The van der Waals surface area contributed by atoms with Crippen LogP contribution in [0.5, 0.6) is 0 Å². The molecule has 0 atom stereocenters. The molecule has 1 aliphatic heterocycles. The first kappa shape index (κ1) is 20.5. The molecule has 2 aromatic carbocycles. The van der Waals surface area contributed by atoms with E-state index in [9.17, 15) is 4.79 Å². The van der Waals surface area contributed by atoms with Crippen molar-refractivity contribution in [1.82, 2.24) is 25.2 Å². The van der Waals surface area contributed by atoms with Gasteiger partial charge in [0.2, 0.25) is 0 Å². The fraction of sp³-hybridized carbons (Fsp3) is 0.346. The van der Waals surface area contributed by atoms with E-state index >= 15 is 0 Å². The van der Waals surface area contributed by atoms with Crippen molar-refractivity contribution in [2.45, 2.75) is 38.6 Å². The first-order chi connectivity index (χ1) is 15.8. The second kappa shape index (κ2) is 9.39. The van der Waals surface area contributed by atoms with E-state index in [4.69, 9.17) is 0 Å². The largest absolute Gasteiger partial charge is 0.371 e. The average Bonchev–Trinajstić information content (AvgIpc) is 3.33. The zero-order valence-electron chi connectivity index (χ0n) is 18.3. The predicted molar refractivity (Wildman–Crippen MR) is 126 cm³/mol. The number of nitrogens with one attached hydrogen (secondary N) is 1. The van der Waals surface area contributed by atoms with E-state index in [1.165, 1.54) is 32.1 Å². The van der Waals surface area contributed by atoms with Crippen molar-refractivity contribution in [3.63, 3.8) is 0 Å². The smallest absolute Gasteiger partial charge is 0.256 e. The number of carbonyl (C=O) groups is 1. The molecule has 1 saturated carbocycles. The molecule has 6 nitrogen and oxygen atoms in total. The molecule has 1 aliphatic carbocycles. The van der Waals surface area contributed by atoms with E-state index in [0.29, 0.717) is 12.1 Å². The Morgan fingerprint density at radius 1 is 1.06 bits per heavy atom. The average molecular weight is 428 g/mol. The van der Waals surface area contributed by atoms with Gasteiger partial charge in [-0.2, -0.15) is 0 Å². The highest BCUT2D eigenvalue weighted by Crippen LogP contribution is 2.26. The minimum Gasteiger partial charge on any atom is -0.371 e. The lowest BCUT2D eigenvalue weighted by Crippen LogP contribution is -2.35. The van der Waals surface area contributed by atoms with Crippen LogP contribution in [0.4, 0.5) is 0 Å². The molecule has 1 N–H and O–H groups in total. The van der Waals surface area contributed by atoms with Crippen molar-refractivity contribution >= 4 is 16.7 Å². The van der Waals surface area contributed by atoms with Crippen molar-refractivity contribution < 1.29 is 4.79 Å². The van der Waals surface area contributed by atoms with Gasteiger partial charge in [-0.1, -0.05) is 54.8 Å². The Morgan fingerprint density at radius 2 is 1.91 bits per heavy atom. The first-order valence-corrected chi connectivity index (χ1v) is 11.5. The summed E-state index contributed by atoms with van der Waals surface area (Å²) in [6.45, 7) is 2.44. The predicted octanol–water partition coefficient (Wildman–Crippen LogP) is 4.50. The molecule has 5 rings (SSSR count). The van der Waals surface area contributed by atoms with Gasteiger partial charge in [0.15, 0.2) is 0 Å². The maximum Gasteiger partial charge on any atom is 0.256 e. The maximum absolute atomic E-state index is 13.2. The molecule has 3 aromatic rings. The van der Waals surface area contributed by atoms with Gasteiger partial charge in [-0.15, -0.1) is 5.10 Å². The molecule has 0 unspecified atom stereocenters. The Kier molecular flexibility index (Phi) is 6.01. The van der Waals surface area contributed by atoms with Crippen LogP contribution in [0.2, 0.25) is 0 Å². The molecule has 1 fully saturated rings. The molecule has 0 radical (unpaired) electrons. The number of rotatable bonds is 6.